The average molecular weight is 301 g/mol. The van der Waals surface area contributed by atoms with Gasteiger partial charge in [0, 0.05) is 11.6 Å². The lowest BCUT2D eigenvalue weighted by molar-refractivity contribution is 0.600. The Morgan fingerprint density at radius 1 is 1.16 bits per heavy atom. The molecule has 0 aliphatic carbocycles. The summed E-state index contributed by atoms with van der Waals surface area (Å²) < 4.78 is 25.8. The molecular formula is C11H13ClN4O2S. The SMILES string of the molecule is O=S(=O)(CCCCl)Nc1ccc(-n2nccn2)cc1. The van der Waals surface area contributed by atoms with Crippen LogP contribution in [-0.4, -0.2) is 35.0 Å². The quantitative estimate of drug-likeness (QED) is 0.823. The van der Waals surface area contributed by atoms with Gasteiger partial charge in [0.05, 0.1) is 23.8 Å². The Morgan fingerprint density at radius 3 is 2.37 bits per heavy atom. The summed E-state index contributed by atoms with van der Waals surface area (Å²) in [6.07, 6.45) is 3.57. The molecule has 0 saturated carbocycles. The van der Waals surface area contributed by atoms with Crippen molar-refractivity contribution >= 4 is 27.3 Å². The largest absolute Gasteiger partial charge is 0.284 e. The molecule has 102 valence electrons. The Kier molecular flexibility index (Phi) is 4.39. The molecule has 0 radical (unpaired) electrons. The topological polar surface area (TPSA) is 76.9 Å². The summed E-state index contributed by atoms with van der Waals surface area (Å²) in [4.78, 5) is 1.45. The van der Waals surface area contributed by atoms with Crippen molar-refractivity contribution in [3.05, 3.63) is 36.7 Å². The van der Waals surface area contributed by atoms with Crippen LogP contribution in [0.1, 0.15) is 6.42 Å². The minimum atomic E-state index is -3.34. The molecule has 6 nitrogen and oxygen atoms in total. The molecular weight excluding hydrogens is 288 g/mol. The molecule has 2 aromatic rings. The molecule has 2 rings (SSSR count). The minimum Gasteiger partial charge on any atom is -0.284 e. The zero-order chi connectivity index (χ0) is 13.7. The number of nitrogens with one attached hydrogen (secondary N) is 1. The monoisotopic (exact) mass is 300 g/mol. The van der Waals surface area contributed by atoms with E-state index in [2.05, 4.69) is 14.9 Å². The number of rotatable bonds is 6. The zero-order valence-electron chi connectivity index (χ0n) is 10.0. The molecule has 0 atom stereocenters. The summed E-state index contributed by atoms with van der Waals surface area (Å²) in [7, 11) is -3.34. The summed E-state index contributed by atoms with van der Waals surface area (Å²) >= 11 is 5.48. The first kappa shape index (κ1) is 13.8. The highest BCUT2D eigenvalue weighted by Crippen LogP contribution is 2.13. The van der Waals surface area contributed by atoms with Gasteiger partial charge in [-0.15, -0.1) is 11.6 Å². The van der Waals surface area contributed by atoms with E-state index in [9.17, 15) is 8.42 Å². The second kappa shape index (κ2) is 6.03. The summed E-state index contributed by atoms with van der Waals surface area (Å²) in [5.74, 6) is 0.337. The van der Waals surface area contributed by atoms with Crippen LogP contribution in [0, 0.1) is 0 Å². The number of alkyl halides is 1. The lowest BCUT2D eigenvalue weighted by Gasteiger charge is -2.07. The van der Waals surface area contributed by atoms with Gasteiger partial charge in [0.1, 0.15) is 0 Å². The minimum absolute atomic E-state index is 0.0129. The molecule has 0 unspecified atom stereocenters. The smallest absolute Gasteiger partial charge is 0.232 e. The van der Waals surface area contributed by atoms with Crippen LogP contribution in [0.3, 0.4) is 0 Å². The van der Waals surface area contributed by atoms with Gasteiger partial charge < -0.3 is 0 Å². The molecule has 1 aromatic heterocycles. The maximum atomic E-state index is 11.7. The first-order chi connectivity index (χ1) is 9.11. The van der Waals surface area contributed by atoms with Crippen LogP contribution in [0.2, 0.25) is 0 Å². The molecule has 0 fully saturated rings. The van der Waals surface area contributed by atoms with E-state index in [1.54, 1.807) is 36.7 Å². The third-order valence-corrected chi connectivity index (χ3v) is 3.98. The fourth-order valence-electron chi connectivity index (χ4n) is 1.49. The lowest BCUT2D eigenvalue weighted by atomic mass is 10.3. The van der Waals surface area contributed by atoms with Gasteiger partial charge in [-0.25, -0.2) is 8.42 Å². The van der Waals surface area contributed by atoms with Gasteiger partial charge in [-0.05, 0) is 30.7 Å². The van der Waals surface area contributed by atoms with E-state index in [1.807, 2.05) is 0 Å². The van der Waals surface area contributed by atoms with Gasteiger partial charge in [0.2, 0.25) is 10.0 Å². The highest BCUT2D eigenvalue weighted by Gasteiger charge is 2.09. The number of halogens is 1. The third-order valence-electron chi connectivity index (χ3n) is 2.34. The fourth-order valence-corrected chi connectivity index (χ4v) is 2.90. The van der Waals surface area contributed by atoms with Crippen LogP contribution in [0.5, 0.6) is 0 Å². The van der Waals surface area contributed by atoms with Gasteiger partial charge in [-0.1, -0.05) is 0 Å². The molecule has 0 amide bonds. The van der Waals surface area contributed by atoms with Crippen molar-refractivity contribution in [1.29, 1.82) is 0 Å². The first-order valence-corrected chi connectivity index (χ1v) is 7.82. The van der Waals surface area contributed by atoms with Crippen molar-refractivity contribution in [3.8, 4) is 5.69 Å². The van der Waals surface area contributed by atoms with E-state index in [-0.39, 0.29) is 5.75 Å². The summed E-state index contributed by atoms with van der Waals surface area (Å²) in [5.41, 5.74) is 1.26. The van der Waals surface area contributed by atoms with Crippen LogP contribution >= 0.6 is 11.6 Å². The molecule has 8 heteroatoms. The number of hydrogen-bond donors (Lipinski definition) is 1. The highest BCUT2D eigenvalue weighted by atomic mass is 35.5. The average Bonchev–Trinajstić information content (AvgIpc) is 2.91. The molecule has 0 bridgehead atoms. The predicted molar refractivity (Wildman–Crippen MR) is 74.1 cm³/mol. The van der Waals surface area contributed by atoms with Crippen LogP contribution in [0.15, 0.2) is 36.7 Å². The fraction of sp³-hybridized carbons (Fsp3) is 0.273. The molecule has 0 aliphatic rings. The lowest BCUT2D eigenvalue weighted by Crippen LogP contribution is -2.17. The summed E-state index contributed by atoms with van der Waals surface area (Å²) in [6, 6.07) is 6.80. The van der Waals surface area contributed by atoms with Crippen LogP contribution in [0.4, 0.5) is 5.69 Å². The molecule has 1 aromatic carbocycles. The van der Waals surface area contributed by atoms with E-state index in [1.165, 1.54) is 4.80 Å². The normalized spacial score (nSPS) is 11.4. The molecule has 1 heterocycles. The maximum absolute atomic E-state index is 11.7. The van der Waals surface area contributed by atoms with E-state index in [0.29, 0.717) is 18.0 Å². The number of benzene rings is 1. The van der Waals surface area contributed by atoms with E-state index in [4.69, 9.17) is 11.6 Å². The van der Waals surface area contributed by atoms with Crippen molar-refractivity contribution in [2.45, 2.75) is 6.42 Å². The number of aromatic nitrogens is 3. The Labute approximate surface area is 116 Å². The molecule has 1 N–H and O–H groups in total. The van der Waals surface area contributed by atoms with E-state index in [0.717, 1.165) is 5.69 Å². The number of nitrogens with zero attached hydrogens (tertiary/aromatic N) is 3. The Morgan fingerprint density at radius 2 is 1.79 bits per heavy atom. The van der Waals surface area contributed by atoms with Crippen LogP contribution in [-0.2, 0) is 10.0 Å². The van der Waals surface area contributed by atoms with Crippen LogP contribution in [0.25, 0.3) is 5.69 Å². The summed E-state index contributed by atoms with van der Waals surface area (Å²) in [6.45, 7) is 0. The van der Waals surface area contributed by atoms with Gasteiger partial charge in [-0.3, -0.25) is 4.72 Å². The maximum Gasteiger partial charge on any atom is 0.232 e. The molecule has 0 aliphatic heterocycles. The van der Waals surface area contributed by atoms with E-state index >= 15 is 0 Å². The van der Waals surface area contributed by atoms with Gasteiger partial charge in [0.15, 0.2) is 0 Å². The standard InChI is InChI=1S/C11H13ClN4O2S/c12-6-1-9-19(17,18)15-10-2-4-11(5-3-10)16-13-7-8-14-16/h2-5,7-8,15H,1,6,9H2. The third kappa shape index (κ3) is 3.93. The Hall–Kier alpha value is -1.60. The summed E-state index contributed by atoms with van der Waals surface area (Å²) in [5, 5.41) is 7.97. The van der Waals surface area contributed by atoms with Crippen molar-refractivity contribution in [2.75, 3.05) is 16.4 Å². The zero-order valence-corrected chi connectivity index (χ0v) is 11.6. The van der Waals surface area contributed by atoms with Crippen molar-refractivity contribution in [2.24, 2.45) is 0 Å². The second-order valence-corrected chi connectivity index (χ2v) is 6.05. The number of hydrogen-bond acceptors (Lipinski definition) is 4. The van der Waals surface area contributed by atoms with Gasteiger partial charge >= 0.3 is 0 Å². The number of anilines is 1. The highest BCUT2D eigenvalue weighted by molar-refractivity contribution is 7.92. The number of sulfonamides is 1. The van der Waals surface area contributed by atoms with Gasteiger partial charge in [0.25, 0.3) is 0 Å². The van der Waals surface area contributed by atoms with Crippen molar-refractivity contribution in [1.82, 2.24) is 15.0 Å². The Balaban J connectivity index is 2.07. The molecule has 0 spiro atoms. The predicted octanol–water partition coefficient (Wildman–Crippen LogP) is 1.64. The molecule has 0 saturated heterocycles. The van der Waals surface area contributed by atoms with Crippen LogP contribution < -0.4 is 4.72 Å². The second-order valence-electron chi connectivity index (χ2n) is 3.83. The van der Waals surface area contributed by atoms with Crippen molar-refractivity contribution < 1.29 is 8.42 Å². The van der Waals surface area contributed by atoms with Crippen molar-refractivity contribution in [3.63, 3.8) is 0 Å². The van der Waals surface area contributed by atoms with E-state index < -0.39 is 10.0 Å². The first-order valence-electron chi connectivity index (χ1n) is 5.64. The Bertz CT molecular complexity index is 611. The van der Waals surface area contributed by atoms with Gasteiger partial charge in [-0.2, -0.15) is 15.0 Å². The molecule has 19 heavy (non-hydrogen) atoms.